The van der Waals surface area contributed by atoms with Gasteiger partial charge in [0, 0.05) is 11.9 Å². The number of para-hydroxylation sites is 1. The van der Waals surface area contributed by atoms with Crippen LogP contribution in [0.15, 0.2) is 83.3 Å². The molecule has 2 aromatic carbocycles. The quantitative estimate of drug-likeness (QED) is 0.272. The van der Waals surface area contributed by atoms with Crippen LogP contribution in [0.25, 0.3) is 5.69 Å². The first-order chi connectivity index (χ1) is 13.8. The third-order valence-electron chi connectivity index (χ3n) is 3.93. The summed E-state index contributed by atoms with van der Waals surface area (Å²) >= 11 is 8.68. The SMILES string of the molecule is S=c1sc(SCc2ccc(OCc3ccccn3)cc2)nn1-c1ccccc1. The lowest BCUT2D eigenvalue weighted by Gasteiger charge is -2.06. The fourth-order valence-electron chi connectivity index (χ4n) is 2.52. The Hall–Kier alpha value is -2.48. The van der Waals surface area contributed by atoms with E-state index in [9.17, 15) is 0 Å². The molecule has 140 valence electrons. The van der Waals surface area contributed by atoms with Crippen LogP contribution in [-0.2, 0) is 12.4 Å². The van der Waals surface area contributed by atoms with Gasteiger partial charge in [-0.25, -0.2) is 4.68 Å². The van der Waals surface area contributed by atoms with Crippen LogP contribution in [0.1, 0.15) is 11.3 Å². The van der Waals surface area contributed by atoms with Gasteiger partial charge in [-0.3, -0.25) is 4.98 Å². The highest BCUT2D eigenvalue weighted by atomic mass is 32.2. The third-order valence-corrected chi connectivity index (χ3v) is 6.37. The van der Waals surface area contributed by atoms with Crippen molar-refractivity contribution < 1.29 is 4.74 Å². The van der Waals surface area contributed by atoms with E-state index in [1.54, 1.807) is 18.0 Å². The van der Waals surface area contributed by atoms with Crippen LogP contribution in [0.2, 0.25) is 0 Å². The molecule has 0 amide bonds. The Balaban J connectivity index is 1.35. The molecule has 4 nitrogen and oxygen atoms in total. The van der Waals surface area contributed by atoms with E-state index in [2.05, 4.69) is 22.2 Å². The monoisotopic (exact) mass is 423 g/mol. The zero-order valence-electron chi connectivity index (χ0n) is 14.9. The van der Waals surface area contributed by atoms with Gasteiger partial charge in [-0.05, 0) is 54.2 Å². The molecule has 0 radical (unpaired) electrons. The van der Waals surface area contributed by atoms with Crippen molar-refractivity contribution in [3.05, 3.63) is 94.2 Å². The van der Waals surface area contributed by atoms with Crippen molar-refractivity contribution in [2.45, 2.75) is 16.7 Å². The van der Waals surface area contributed by atoms with E-state index in [1.165, 1.54) is 16.9 Å². The number of thioether (sulfide) groups is 1. The summed E-state index contributed by atoms with van der Waals surface area (Å²) in [5, 5.41) is 4.64. The number of hydrogen-bond acceptors (Lipinski definition) is 6. The van der Waals surface area contributed by atoms with E-state index in [0.717, 1.165) is 31.2 Å². The molecule has 4 aromatic rings. The lowest BCUT2D eigenvalue weighted by molar-refractivity contribution is 0.301. The number of benzene rings is 2. The van der Waals surface area contributed by atoms with Gasteiger partial charge < -0.3 is 4.74 Å². The summed E-state index contributed by atoms with van der Waals surface area (Å²) < 4.78 is 9.32. The van der Waals surface area contributed by atoms with Crippen LogP contribution >= 0.6 is 35.3 Å². The highest BCUT2D eigenvalue weighted by Gasteiger charge is 2.07. The molecule has 0 aliphatic carbocycles. The molecule has 2 heterocycles. The van der Waals surface area contributed by atoms with Gasteiger partial charge in [0.15, 0.2) is 8.29 Å². The van der Waals surface area contributed by atoms with Crippen molar-refractivity contribution in [2.24, 2.45) is 0 Å². The number of rotatable bonds is 7. The Labute approximate surface area is 176 Å². The Morgan fingerprint density at radius 3 is 2.50 bits per heavy atom. The molecule has 0 fully saturated rings. The fraction of sp³-hybridized carbons (Fsp3) is 0.0952. The van der Waals surface area contributed by atoms with E-state index >= 15 is 0 Å². The van der Waals surface area contributed by atoms with Crippen LogP contribution in [0, 0.1) is 3.95 Å². The van der Waals surface area contributed by atoms with Crippen molar-refractivity contribution in [1.29, 1.82) is 0 Å². The Kier molecular flexibility index (Phi) is 6.16. The minimum Gasteiger partial charge on any atom is -0.487 e. The number of hydrogen-bond donors (Lipinski definition) is 0. The largest absolute Gasteiger partial charge is 0.487 e. The van der Waals surface area contributed by atoms with E-state index in [0.29, 0.717) is 6.61 Å². The predicted molar refractivity (Wildman–Crippen MR) is 117 cm³/mol. The molecule has 7 heteroatoms. The first kappa shape index (κ1) is 18.9. The van der Waals surface area contributed by atoms with E-state index < -0.39 is 0 Å². The molecule has 28 heavy (non-hydrogen) atoms. The summed E-state index contributed by atoms with van der Waals surface area (Å²) in [6.45, 7) is 0.467. The average Bonchev–Trinajstić information content (AvgIpc) is 3.13. The van der Waals surface area contributed by atoms with E-state index in [-0.39, 0.29) is 0 Å². The van der Waals surface area contributed by atoms with Gasteiger partial charge in [-0.15, -0.1) is 5.10 Å². The topological polar surface area (TPSA) is 39.9 Å². The van der Waals surface area contributed by atoms with Gasteiger partial charge >= 0.3 is 0 Å². The molecule has 0 atom stereocenters. The van der Waals surface area contributed by atoms with Crippen molar-refractivity contribution in [2.75, 3.05) is 0 Å². The van der Waals surface area contributed by atoms with Crippen molar-refractivity contribution in [1.82, 2.24) is 14.8 Å². The molecule has 4 rings (SSSR count). The minimum atomic E-state index is 0.467. The highest BCUT2D eigenvalue weighted by molar-refractivity contribution is 8.00. The zero-order valence-corrected chi connectivity index (χ0v) is 17.3. The molecular formula is C21H17N3OS3. The number of nitrogens with zero attached hydrogens (tertiary/aromatic N) is 3. The Bertz CT molecular complexity index is 1080. The summed E-state index contributed by atoms with van der Waals surface area (Å²) in [6, 6.07) is 23.9. The molecule has 0 bridgehead atoms. The molecule has 2 aromatic heterocycles. The van der Waals surface area contributed by atoms with Gasteiger partial charge in [-0.2, -0.15) is 0 Å². The molecule has 0 unspecified atom stereocenters. The van der Waals surface area contributed by atoms with E-state index in [4.69, 9.17) is 17.0 Å². The molecule has 0 spiro atoms. The number of ether oxygens (including phenoxy) is 1. The Morgan fingerprint density at radius 2 is 1.75 bits per heavy atom. The average molecular weight is 424 g/mol. The van der Waals surface area contributed by atoms with Crippen molar-refractivity contribution in [3.8, 4) is 11.4 Å². The summed E-state index contributed by atoms with van der Waals surface area (Å²) in [6.07, 6.45) is 1.77. The van der Waals surface area contributed by atoms with Crippen molar-refractivity contribution in [3.63, 3.8) is 0 Å². The number of pyridine rings is 1. The van der Waals surface area contributed by atoms with Gasteiger partial charge in [0.25, 0.3) is 0 Å². The normalized spacial score (nSPS) is 10.7. The van der Waals surface area contributed by atoms with Crippen molar-refractivity contribution >= 4 is 35.3 Å². The first-order valence-corrected chi connectivity index (χ1v) is 10.9. The predicted octanol–water partition coefficient (Wildman–Crippen LogP) is 5.93. The fourth-order valence-corrected chi connectivity index (χ4v) is 4.84. The van der Waals surface area contributed by atoms with Gasteiger partial charge in [0.2, 0.25) is 0 Å². The lowest BCUT2D eigenvalue weighted by Crippen LogP contribution is -1.97. The van der Waals surface area contributed by atoms with Crippen LogP contribution in [0.5, 0.6) is 5.75 Å². The summed E-state index contributed by atoms with van der Waals surface area (Å²) in [5.41, 5.74) is 3.12. The Morgan fingerprint density at radius 1 is 0.964 bits per heavy atom. The van der Waals surface area contributed by atoms with Crippen LogP contribution in [0.3, 0.4) is 0 Å². The van der Waals surface area contributed by atoms with Crippen LogP contribution in [0.4, 0.5) is 0 Å². The van der Waals surface area contributed by atoms with E-state index in [1.807, 2.05) is 65.3 Å². The number of aromatic nitrogens is 3. The highest BCUT2D eigenvalue weighted by Crippen LogP contribution is 2.27. The standard InChI is InChI=1S/C21H17N3OS3/c26-21-24(18-7-2-1-3-8-18)23-20(28-21)27-15-16-9-11-19(12-10-16)25-14-17-6-4-5-13-22-17/h1-13H,14-15H2. The third kappa shape index (κ3) is 4.86. The second-order valence-corrected chi connectivity index (χ2v) is 8.77. The van der Waals surface area contributed by atoms with Crippen LogP contribution < -0.4 is 4.74 Å². The second-order valence-electron chi connectivity index (χ2n) is 5.92. The molecule has 0 aliphatic rings. The maximum Gasteiger partial charge on any atom is 0.184 e. The lowest BCUT2D eigenvalue weighted by atomic mass is 10.2. The summed E-state index contributed by atoms with van der Waals surface area (Å²) in [4.78, 5) is 4.26. The molecular weight excluding hydrogens is 406 g/mol. The first-order valence-electron chi connectivity index (χ1n) is 8.68. The second kappa shape index (κ2) is 9.14. The smallest absolute Gasteiger partial charge is 0.184 e. The maximum atomic E-state index is 5.78. The minimum absolute atomic E-state index is 0.467. The molecule has 0 saturated carbocycles. The summed E-state index contributed by atoms with van der Waals surface area (Å²) in [5.74, 6) is 1.67. The maximum absolute atomic E-state index is 5.78. The van der Waals surface area contributed by atoms with Crippen LogP contribution in [-0.4, -0.2) is 14.8 Å². The van der Waals surface area contributed by atoms with Gasteiger partial charge in [-0.1, -0.05) is 59.5 Å². The van der Waals surface area contributed by atoms with Gasteiger partial charge in [0.1, 0.15) is 12.4 Å². The molecule has 0 saturated heterocycles. The molecule has 0 aliphatic heterocycles. The zero-order chi connectivity index (χ0) is 19.2. The molecule has 0 N–H and O–H groups in total. The summed E-state index contributed by atoms with van der Waals surface area (Å²) in [7, 11) is 0. The van der Waals surface area contributed by atoms with Gasteiger partial charge in [0.05, 0.1) is 11.4 Å².